The molecule has 1 aromatic heterocycles. The molecule has 0 saturated heterocycles. The Hall–Kier alpha value is -1.65. The topological polar surface area (TPSA) is 30.9 Å². The lowest BCUT2D eigenvalue weighted by Gasteiger charge is -2.10. The highest BCUT2D eigenvalue weighted by atomic mass is 19.4. The van der Waals surface area contributed by atoms with Gasteiger partial charge in [-0.2, -0.15) is 13.2 Å². The summed E-state index contributed by atoms with van der Waals surface area (Å²) in [5.41, 5.74) is 5.02. The molecule has 0 aliphatic rings. The van der Waals surface area contributed by atoms with Gasteiger partial charge < -0.3 is 10.3 Å². The molecule has 2 rings (SSSR count). The fourth-order valence-electron chi connectivity index (χ4n) is 1.68. The van der Waals surface area contributed by atoms with Gasteiger partial charge in [-0.25, -0.2) is 0 Å². The minimum absolute atomic E-state index is 0.126. The van der Waals surface area contributed by atoms with E-state index in [1.807, 2.05) is 0 Å². The highest BCUT2D eigenvalue weighted by Gasteiger charge is 2.33. The molecule has 15 heavy (non-hydrogen) atoms. The molecule has 0 aliphatic carbocycles. The standard InChI is InChI=1S/C10H9F3N2/c1-15-3-2-6-4-7(14)5-8(9(6)15)10(11,12)13/h2-5H,14H2,1H3. The van der Waals surface area contributed by atoms with E-state index in [4.69, 9.17) is 5.73 Å². The van der Waals surface area contributed by atoms with Crippen LogP contribution in [0.15, 0.2) is 24.4 Å². The molecule has 0 spiro atoms. The second-order valence-corrected chi connectivity index (χ2v) is 3.43. The maximum Gasteiger partial charge on any atom is 0.418 e. The van der Waals surface area contributed by atoms with Crippen molar-refractivity contribution in [1.29, 1.82) is 0 Å². The Morgan fingerprint density at radius 2 is 1.93 bits per heavy atom. The number of halogens is 3. The molecule has 80 valence electrons. The first-order chi connectivity index (χ1) is 6.89. The van der Waals surface area contributed by atoms with Crippen molar-refractivity contribution in [1.82, 2.24) is 4.57 Å². The molecule has 0 unspecified atom stereocenters. The van der Waals surface area contributed by atoms with E-state index in [9.17, 15) is 13.2 Å². The smallest absolute Gasteiger partial charge is 0.399 e. The summed E-state index contributed by atoms with van der Waals surface area (Å²) < 4.78 is 39.5. The van der Waals surface area contributed by atoms with Crippen molar-refractivity contribution in [2.24, 2.45) is 7.05 Å². The number of nitrogens with two attached hydrogens (primary N) is 1. The minimum Gasteiger partial charge on any atom is -0.399 e. The second-order valence-electron chi connectivity index (χ2n) is 3.43. The van der Waals surface area contributed by atoms with Crippen LogP contribution >= 0.6 is 0 Å². The molecular weight excluding hydrogens is 205 g/mol. The summed E-state index contributed by atoms with van der Waals surface area (Å²) >= 11 is 0. The average molecular weight is 214 g/mol. The Morgan fingerprint density at radius 1 is 1.27 bits per heavy atom. The molecule has 0 bridgehead atoms. The van der Waals surface area contributed by atoms with Gasteiger partial charge in [0.25, 0.3) is 0 Å². The number of nitrogens with zero attached hydrogens (tertiary/aromatic N) is 1. The summed E-state index contributed by atoms with van der Waals surface area (Å²) in [5.74, 6) is 0. The average Bonchev–Trinajstić information content (AvgIpc) is 2.44. The van der Waals surface area contributed by atoms with Gasteiger partial charge >= 0.3 is 6.18 Å². The zero-order valence-electron chi connectivity index (χ0n) is 7.97. The molecule has 2 aromatic rings. The van der Waals surface area contributed by atoms with E-state index >= 15 is 0 Å². The Balaban J connectivity index is 2.87. The van der Waals surface area contributed by atoms with Crippen LogP contribution in [0.5, 0.6) is 0 Å². The molecule has 0 radical (unpaired) electrons. The molecular formula is C10H9F3N2. The van der Waals surface area contributed by atoms with Crippen LogP contribution in [0.3, 0.4) is 0 Å². The maximum absolute atomic E-state index is 12.7. The summed E-state index contributed by atoms with van der Waals surface area (Å²) in [6, 6.07) is 4.10. The molecule has 5 heteroatoms. The molecule has 0 fully saturated rings. The van der Waals surface area contributed by atoms with Gasteiger partial charge in [0.05, 0.1) is 11.1 Å². The van der Waals surface area contributed by atoms with Crippen LogP contribution in [0, 0.1) is 0 Å². The summed E-state index contributed by atoms with van der Waals surface area (Å²) in [7, 11) is 1.58. The van der Waals surface area contributed by atoms with E-state index in [0.29, 0.717) is 5.39 Å². The Labute approximate surface area is 84.1 Å². The predicted molar refractivity (Wildman–Crippen MR) is 52.3 cm³/mol. The number of hydrogen-bond acceptors (Lipinski definition) is 1. The lowest BCUT2D eigenvalue weighted by atomic mass is 10.1. The summed E-state index contributed by atoms with van der Waals surface area (Å²) in [5, 5.41) is 0.504. The van der Waals surface area contributed by atoms with Crippen LogP contribution < -0.4 is 5.73 Å². The van der Waals surface area contributed by atoms with E-state index in [1.54, 1.807) is 19.3 Å². The first kappa shape index (κ1) is 9.89. The van der Waals surface area contributed by atoms with Crippen LogP contribution in [0.4, 0.5) is 18.9 Å². The van der Waals surface area contributed by atoms with Crippen molar-refractivity contribution in [2.45, 2.75) is 6.18 Å². The van der Waals surface area contributed by atoms with E-state index < -0.39 is 11.7 Å². The van der Waals surface area contributed by atoms with Crippen LogP contribution in [0.2, 0.25) is 0 Å². The van der Waals surface area contributed by atoms with Crippen molar-refractivity contribution in [3.05, 3.63) is 30.0 Å². The van der Waals surface area contributed by atoms with Crippen LogP contribution in [0.1, 0.15) is 5.56 Å². The third-order valence-electron chi connectivity index (χ3n) is 2.30. The van der Waals surface area contributed by atoms with Gasteiger partial charge in [-0.05, 0) is 18.2 Å². The number of alkyl halides is 3. The maximum atomic E-state index is 12.7. The fourth-order valence-corrected chi connectivity index (χ4v) is 1.68. The lowest BCUT2D eigenvalue weighted by Crippen LogP contribution is -2.08. The summed E-state index contributed by atoms with van der Waals surface area (Å²) in [6.07, 6.45) is -2.79. The largest absolute Gasteiger partial charge is 0.418 e. The quantitative estimate of drug-likeness (QED) is 0.671. The van der Waals surface area contributed by atoms with Gasteiger partial charge in [-0.3, -0.25) is 0 Å². The molecule has 1 heterocycles. The molecule has 0 atom stereocenters. The van der Waals surface area contributed by atoms with E-state index in [2.05, 4.69) is 0 Å². The van der Waals surface area contributed by atoms with Gasteiger partial charge in [-0.15, -0.1) is 0 Å². The Bertz CT molecular complexity index is 511. The monoisotopic (exact) mass is 214 g/mol. The van der Waals surface area contributed by atoms with E-state index in [0.717, 1.165) is 6.07 Å². The molecule has 0 aliphatic heterocycles. The van der Waals surface area contributed by atoms with Crippen molar-refractivity contribution < 1.29 is 13.2 Å². The summed E-state index contributed by atoms with van der Waals surface area (Å²) in [6.45, 7) is 0. The number of fused-ring (bicyclic) bond motifs is 1. The van der Waals surface area contributed by atoms with Gasteiger partial charge in [0.15, 0.2) is 0 Å². The van der Waals surface area contributed by atoms with Gasteiger partial charge in [-0.1, -0.05) is 0 Å². The Morgan fingerprint density at radius 3 is 2.53 bits per heavy atom. The van der Waals surface area contributed by atoms with Gasteiger partial charge in [0.2, 0.25) is 0 Å². The van der Waals surface area contributed by atoms with Gasteiger partial charge in [0, 0.05) is 24.3 Å². The predicted octanol–water partition coefficient (Wildman–Crippen LogP) is 2.78. The fraction of sp³-hybridized carbons (Fsp3) is 0.200. The zero-order chi connectivity index (χ0) is 11.2. The first-order valence-electron chi connectivity index (χ1n) is 4.31. The van der Waals surface area contributed by atoms with Crippen LogP contribution in [0.25, 0.3) is 10.9 Å². The molecule has 2 N–H and O–H groups in total. The number of benzene rings is 1. The first-order valence-corrected chi connectivity index (χ1v) is 4.31. The molecule has 1 aromatic carbocycles. The molecule has 2 nitrogen and oxygen atoms in total. The zero-order valence-corrected chi connectivity index (χ0v) is 7.97. The number of hydrogen-bond donors (Lipinski definition) is 1. The van der Waals surface area contributed by atoms with Crippen molar-refractivity contribution in [2.75, 3.05) is 5.73 Å². The highest BCUT2D eigenvalue weighted by Crippen LogP contribution is 2.36. The SMILES string of the molecule is Cn1ccc2cc(N)cc(C(F)(F)F)c21. The number of rotatable bonds is 0. The normalized spacial score (nSPS) is 12.3. The minimum atomic E-state index is -4.38. The Kier molecular flexibility index (Phi) is 1.92. The lowest BCUT2D eigenvalue weighted by molar-refractivity contribution is -0.136. The third kappa shape index (κ3) is 1.54. The third-order valence-corrected chi connectivity index (χ3v) is 2.30. The van der Waals surface area contributed by atoms with E-state index in [1.165, 1.54) is 10.6 Å². The van der Waals surface area contributed by atoms with Crippen molar-refractivity contribution in [3.63, 3.8) is 0 Å². The number of nitrogen functional groups attached to an aromatic ring is 1. The highest BCUT2D eigenvalue weighted by molar-refractivity contribution is 5.87. The summed E-state index contributed by atoms with van der Waals surface area (Å²) in [4.78, 5) is 0. The van der Waals surface area contributed by atoms with Crippen molar-refractivity contribution >= 4 is 16.6 Å². The van der Waals surface area contributed by atoms with E-state index in [-0.39, 0.29) is 11.2 Å². The van der Waals surface area contributed by atoms with Crippen LogP contribution in [-0.4, -0.2) is 4.57 Å². The number of aromatic nitrogens is 1. The molecule has 0 saturated carbocycles. The van der Waals surface area contributed by atoms with Crippen LogP contribution in [-0.2, 0) is 13.2 Å². The van der Waals surface area contributed by atoms with Crippen molar-refractivity contribution in [3.8, 4) is 0 Å². The number of anilines is 1. The van der Waals surface area contributed by atoms with Gasteiger partial charge in [0.1, 0.15) is 0 Å². The number of aryl methyl sites for hydroxylation is 1. The second kappa shape index (κ2) is 2.92. The molecule has 0 amide bonds.